The van der Waals surface area contributed by atoms with Gasteiger partial charge in [-0.1, -0.05) is 0 Å². The molecule has 27 heavy (non-hydrogen) atoms. The number of aromatic nitrogens is 4. The summed E-state index contributed by atoms with van der Waals surface area (Å²) in [5, 5.41) is 15.9. The third-order valence-corrected chi connectivity index (χ3v) is 4.69. The highest BCUT2D eigenvalue weighted by Gasteiger charge is 2.16. The molecule has 1 fully saturated rings. The molecule has 0 unspecified atom stereocenters. The third kappa shape index (κ3) is 3.84. The Bertz CT molecular complexity index is 931. The standard InChI is InChI=1S/C19H22N6O2/c1-27-15-6-4-14(5-7-15)20-19(26)11-10-17-22-21-16-8-9-18(23-25(16)17)24-12-2-3-13-24/h4-9H,2-3,10-13H2,1H3,(H,20,26). The number of nitrogens with zero attached hydrogens (tertiary/aromatic N) is 5. The van der Waals surface area contributed by atoms with Crippen LogP contribution >= 0.6 is 0 Å². The van der Waals surface area contributed by atoms with E-state index >= 15 is 0 Å². The first-order chi connectivity index (χ1) is 13.2. The number of amides is 1. The number of fused-ring (bicyclic) bond motifs is 1. The fourth-order valence-corrected chi connectivity index (χ4v) is 3.22. The molecular weight excluding hydrogens is 344 g/mol. The lowest BCUT2D eigenvalue weighted by Crippen LogP contribution is -2.20. The van der Waals surface area contributed by atoms with E-state index in [1.807, 2.05) is 36.4 Å². The second-order valence-electron chi connectivity index (χ2n) is 6.55. The summed E-state index contributed by atoms with van der Waals surface area (Å²) < 4.78 is 6.86. The topological polar surface area (TPSA) is 84.6 Å². The van der Waals surface area contributed by atoms with Crippen molar-refractivity contribution < 1.29 is 9.53 Å². The Labute approximate surface area is 157 Å². The fourth-order valence-electron chi connectivity index (χ4n) is 3.22. The molecule has 0 saturated carbocycles. The molecule has 1 aliphatic heterocycles. The monoisotopic (exact) mass is 366 g/mol. The van der Waals surface area contributed by atoms with Crippen LogP contribution in [-0.2, 0) is 11.2 Å². The molecule has 1 saturated heterocycles. The van der Waals surface area contributed by atoms with Gasteiger partial charge in [-0.25, -0.2) is 0 Å². The van der Waals surface area contributed by atoms with Crippen molar-refractivity contribution in [3.05, 3.63) is 42.2 Å². The van der Waals surface area contributed by atoms with Crippen molar-refractivity contribution in [1.82, 2.24) is 19.8 Å². The van der Waals surface area contributed by atoms with Crippen molar-refractivity contribution in [1.29, 1.82) is 0 Å². The second-order valence-corrected chi connectivity index (χ2v) is 6.55. The van der Waals surface area contributed by atoms with Crippen LogP contribution in [0, 0.1) is 0 Å². The Morgan fingerprint density at radius 2 is 1.89 bits per heavy atom. The Hall–Kier alpha value is -3.16. The van der Waals surface area contributed by atoms with E-state index in [0.29, 0.717) is 24.3 Å². The van der Waals surface area contributed by atoms with Crippen molar-refractivity contribution in [2.75, 3.05) is 30.4 Å². The molecule has 1 amide bonds. The molecule has 4 rings (SSSR count). The summed E-state index contributed by atoms with van der Waals surface area (Å²) in [6, 6.07) is 11.2. The highest BCUT2D eigenvalue weighted by atomic mass is 16.5. The maximum Gasteiger partial charge on any atom is 0.224 e. The molecule has 0 radical (unpaired) electrons. The smallest absolute Gasteiger partial charge is 0.224 e. The number of benzene rings is 1. The average Bonchev–Trinajstić information content (AvgIpc) is 3.36. The van der Waals surface area contributed by atoms with Crippen LogP contribution in [0.5, 0.6) is 5.75 Å². The van der Waals surface area contributed by atoms with Crippen molar-refractivity contribution in [2.24, 2.45) is 0 Å². The van der Waals surface area contributed by atoms with E-state index in [1.165, 1.54) is 12.8 Å². The lowest BCUT2D eigenvalue weighted by Gasteiger charge is -2.15. The molecule has 1 N–H and O–H groups in total. The van der Waals surface area contributed by atoms with E-state index < -0.39 is 0 Å². The zero-order valence-corrected chi connectivity index (χ0v) is 15.3. The number of hydrogen-bond donors (Lipinski definition) is 1. The van der Waals surface area contributed by atoms with Crippen molar-refractivity contribution in [3.8, 4) is 5.75 Å². The normalized spacial score (nSPS) is 13.9. The molecule has 2 aromatic heterocycles. The summed E-state index contributed by atoms with van der Waals surface area (Å²) in [6.07, 6.45) is 3.17. The SMILES string of the molecule is COc1ccc(NC(=O)CCc2nnc3ccc(N4CCCC4)nn23)cc1. The molecule has 8 heteroatoms. The van der Waals surface area contributed by atoms with Crippen LogP contribution in [-0.4, -0.2) is 45.9 Å². The van der Waals surface area contributed by atoms with E-state index in [4.69, 9.17) is 4.74 Å². The van der Waals surface area contributed by atoms with E-state index in [9.17, 15) is 4.79 Å². The number of aryl methyl sites for hydroxylation is 1. The highest BCUT2D eigenvalue weighted by Crippen LogP contribution is 2.19. The number of hydrogen-bond acceptors (Lipinski definition) is 6. The lowest BCUT2D eigenvalue weighted by molar-refractivity contribution is -0.116. The molecular formula is C19H22N6O2. The molecule has 140 valence electrons. The summed E-state index contributed by atoms with van der Waals surface area (Å²) >= 11 is 0. The van der Waals surface area contributed by atoms with Crippen LogP contribution in [0.2, 0.25) is 0 Å². The predicted octanol–water partition coefficient (Wildman–Crippen LogP) is 2.30. The summed E-state index contributed by atoms with van der Waals surface area (Å²) in [5.74, 6) is 2.30. The number of ether oxygens (including phenoxy) is 1. The first-order valence-corrected chi connectivity index (χ1v) is 9.13. The minimum Gasteiger partial charge on any atom is -0.497 e. The summed E-state index contributed by atoms with van der Waals surface area (Å²) in [4.78, 5) is 14.5. The number of nitrogens with one attached hydrogen (secondary N) is 1. The Morgan fingerprint density at radius 3 is 2.63 bits per heavy atom. The summed E-state index contributed by atoms with van der Waals surface area (Å²) in [6.45, 7) is 2.06. The molecule has 3 aromatic rings. The maximum absolute atomic E-state index is 12.2. The predicted molar refractivity (Wildman–Crippen MR) is 102 cm³/mol. The fraction of sp³-hybridized carbons (Fsp3) is 0.368. The Kier molecular flexibility index (Phi) is 4.86. The van der Waals surface area contributed by atoms with Gasteiger partial charge >= 0.3 is 0 Å². The molecule has 0 bridgehead atoms. The molecule has 3 heterocycles. The van der Waals surface area contributed by atoms with Crippen LogP contribution in [0.15, 0.2) is 36.4 Å². The van der Waals surface area contributed by atoms with Crippen LogP contribution < -0.4 is 15.0 Å². The maximum atomic E-state index is 12.2. The number of carbonyl (C=O) groups is 1. The zero-order chi connectivity index (χ0) is 18.6. The van der Waals surface area contributed by atoms with Gasteiger partial charge in [0.1, 0.15) is 11.6 Å². The second kappa shape index (κ2) is 7.61. The lowest BCUT2D eigenvalue weighted by atomic mass is 10.2. The van der Waals surface area contributed by atoms with Gasteiger partial charge in [0.25, 0.3) is 0 Å². The van der Waals surface area contributed by atoms with Crippen LogP contribution in [0.1, 0.15) is 25.1 Å². The first-order valence-electron chi connectivity index (χ1n) is 9.13. The molecule has 1 aliphatic rings. The highest BCUT2D eigenvalue weighted by molar-refractivity contribution is 5.90. The zero-order valence-electron chi connectivity index (χ0n) is 15.3. The minimum absolute atomic E-state index is 0.0763. The van der Waals surface area contributed by atoms with Gasteiger partial charge in [0, 0.05) is 31.6 Å². The summed E-state index contributed by atoms with van der Waals surface area (Å²) in [7, 11) is 1.61. The van der Waals surface area contributed by atoms with Gasteiger partial charge in [-0.15, -0.1) is 15.3 Å². The number of anilines is 2. The van der Waals surface area contributed by atoms with Crippen LogP contribution in [0.3, 0.4) is 0 Å². The molecule has 0 aliphatic carbocycles. The van der Waals surface area contributed by atoms with E-state index in [2.05, 4.69) is 25.5 Å². The number of carbonyl (C=O) groups excluding carboxylic acids is 1. The quantitative estimate of drug-likeness (QED) is 0.721. The van der Waals surface area contributed by atoms with Gasteiger partial charge in [0.05, 0.1) is 7.11 Å². The minimum atomic E-state index is -0.0763. The largest absolute Gasteiger partial charge is 0.497 e. The molecule has 0 atom stereocenters. The third-order valence-electron chi connectivity index (χ3n) is 4.69. The molecule has 1 aromatic carbocycles. The van der Waals surface area contributed by atoms with Gasteiger partial charge in [-0.2, -0.15) is 4.52 Å². The molecule has 8 nitrogen and oxygen atoms in total. The number of methoxy groups -OCH3 is 1. The van der Waals surface area contributed by atoms with Gasteiger partial charge in [0.2, 0.25) is 5.91 Å². The summed E-state index contributed by atoms with van der Waals surface area (Å²) in [5.41, 5.74) is 1.44. The van der Waals surface area contributed by atoms with Crippen molar-refractivity contribution in [2.45, 2.75) is 25.7 Å². The van der Waals surface area contributed by atoms with Gasteiger partial charge < -0.3 is 15.0 Å². The Balaban J connectivity index is 1.41. The van der Waals surface area contributed by atoms with E-state index in [-0.39, 0.29) is 5.91 Å². The van der Waals surface area contributed by atoms with Gasteiger partial charge in [-0.05, 0) is 49.2 Å². The molecule has 0 spiro atoms. The van der Waals surface area contributed by atoms with Crippen LogP contribution in [0.25, 0.3) is 5.65 Å². The van der Waals surface area contributed by atoms with Crippen LogP contribution in [0.4, 0.5) is 11.5 Å². The Morgan fingerprint density at radius 1 is 1.11 bits per heavy atom. The first kappa shape index (κ1) is 17.3. The van der Waals surface area contributed by atoms with Gasteiger partial charge in [-0.3, -0.25) is 4.79 Å². The number of rotatable bonds is 6. The van der Waals surface area contributed by atoms with Crippen molar-refractivity contribution in [3.63, 3.8) is 0 Å². The average molecular weight is 366 g/mol. The van der Waals surface area contributed by atoms with Gasteiger partial charge in [0.15, 0.2) is 11.5 Å². The van der Waals surface area contributed by atoms with E-state index in [1.54, 1.807) is 11.6 Å². The van der Waals surface area contributed by atoms with E-state index in [0.717, 1.165) is 30.3 Å². The van der Waals surface area contributed by atoms with Crippen molar-refractivity contribution >= 4 is 23.1 Å².